The highest BCUT2D eigenvalue weighted by molar-refractivity contribution is 7.90. The number of carbonyl (C=O) groups is 1. The molecular weight excluding hydrogens is 521 g/mol. The normalized spacial score (nSPS) is 23.4. The molecule has 1 aromatic carbocycles. The summed E-state index contributed by atoms with van der Waals surface area (Å²) in [6.07, 6.45) is 4.50. The lowest BCUT2D eigenvalue weighted by Gasteiger charge is -2.19. The van der Waals surface area contributed by atoms with Gasteiger partial charge < -0.3 is 14.7 Å². The Kier molecular flexibility index (Phi) is 6.32. The third-order valence-corrected chi connectivity index (χ3v) is 9.30. The fraction of sp³-hybridized carbons (Fsp3) is 0.414. The summed E-state index contributed by atoms with van der Waals surface area (Å²) in [5, 5.41) is 9.30. The summed E-state index contributed by atoms with van der Waals surface area (Å²) in [6, 6.07) is 10.6. The highest BCUT2D eigenvalue weighted by atomic mass is 32.2. The molecule has 10 heteroatoms. The average molecular weight is 552 g/mol. The van der Waals surface area contributed by atoms with Crippen LogP contribution in [0, 0.1) is 30.5 Å². The molecule has 8 nitrogen and oxygen atoms in total. The maximum Gasteiger partial charge on any atom is 0.307 e. The smallest absolute Gasteiger partial charge is 0.307 e. The summed E-state index contributed by atoms with van der Waals surface area (Å²) in [4.78, 5) is 22.6. The number of aryl methyl sites for hydroxylation is 1. The number of aromatic nitrogens is 2. The third kappa shape index (κ3) is 5.09. The van der Waals surface area contributed by atoms with Gasteiger partial charge in [-0.25, -0.2) is 22.8 Å². The number of fused-ring (bicyclic) bond motifs is 3. The Morgan fingerprint density at radius 3 is 2.79 bits per heavy atom. The quantitative estimate of drug-likeness (QED) is 0.447. The predicted molar refractivity (Wildman–Crippen MR) is 144 cm³/mol. The summed E-state index contributed by atoms with van der Waals surface area (Å²) in [5.74, 6) is 0.274. The molecule has 6 rings (SSSR count). The van der Waals surface area contributed by atoms with Gasteiger partial charge in [-0.05, 0) is 72.6 Å². The summed E-state index contributed by atoms with van der Waals surface area (Å²) < 4.78 is 43.9. The van der Waals surface area contributed by atoms with Crippen LogP contribution in [0.5, 0.6) is 5.88 Å². The number of hydrogen-bond acceptors (Lipinski definition) is 7. The highest BCUT2D eigenvalue weighted by Gasteiger charge is 2.59. The minimum Gasteiger partial charge on any atom is -0.481 e. The Bertz CT molecular complexity index is 1580. The first kappa shape index (κ1) is 25.7. The van der Waals surface area contributed by atoms with Crippen LogP contribution in [0.3, 0.4) is 0 Å². The van der Waals surface area contributed by atoms with Gasteiger partial charge in [0.15, 0.2) is 0 Å². The van der Waals surface area contributed by atoms with Gasteiger partial charge in [0.25, 0.3) is 0 Å². The van der Waals surface area contributed by atoms with Gasteiger partial charge in [0, 0.05) is 54.3 Å². The molecule has 1 aliphatic heterocycles. The SMILES string of the molecule is Cc1nc(N2CCC(CS(C)(=O)=O)C2)ccc1-c1ccc(F)c(COc2cc3c(cn2)C2C(C3)C2C(=O)O)c1. The van der Waals surface area contributed by atoms with E-state index >= 15 is 0 Å². The zero-order chi connectivity index (χ0) is 27.5. The van der Waals surface area contributed by atoms with Gasteiger partial charge in [-0.3, -0.25) is 4.79 Å². The van der Waals surface area contributed by atoms with Crippen molar-refractivity contribution in [2.45, 2.75) is 32.3 Å². The van der Waals surface area contributed by atoms with Crippen molar-refractivity contribution in [2.75, 3.05) is 30.0 Å². The molecule has 1 saturated heterocycles. The number of rotatable bonds is 8. The fourth-order valence-corrected chi connectivity index (χ4v) is 7.45. The van der Waals surface area contributed by atoms with Crippen LogP contribution >= 0.6 is 0 Å². The molecule has 0 radical (unpaired) electrons. The van der Waals surface area contributed by atoms with Gasteiger partial charge in [0.2, 0.25) is 5.88 Å². The molecule has 3 aliphatic rings. The number of halogens is 1. The first-order valence-corrected chi connectivity index (χ1v) is 15.2. The van der Waals surface area contributed by atoms with E-state index in [9.17, 15) is 22.7 Å². The topological polar surface area (TPSA) is 110 Å². The van der Waals surface area contributed by atoms with Crippen molar-refractivity contribution in [1.82, 2.24) is 9.97 Å². The maximum atomic E-state index is 14.7. The summed E-state index contributed by atoms with van der Waals surface area (Å²) >= 11 is 0. The first-order valence-electron chi connectivity index (χ1n) is 13.1. The van der Waals surface area contributed by atoms with Gasteiger partial charge in [0.05, 0.1) is 11.7 Å². The number of carboxylic acid groups (broad SMARTS) is 1. The molecule has 204 valence electrons. The second-order valence-electron chi connectivity index (χ2n) is 11.1. The van der Waals surface area contributed by atoms with Crippen LogP contribution in [-0.2, 0) is 27.7 Å². The van der Waals surface area contributed by atoms with Crippen LogP contribution in [0.2, 0.25) is 0 Å². The maximum absolute atomic E-state index is 14.7. The molecule has 2 aromatic heterocycles. The van der Waals surface area contributed by atoms with E-state index in [4.69, 9.17) is 9.72 Å². The minimum absolute atomic E-state index is 0.0101. The molecule has 4 atom stereocenters. The molecule has 1 saturated carbocycles. The van der Waals surface area contributed by atoms with Crippen LogP contribution in [0.15, 0.2) is 42.6 Å². The van der Waals surface area contributed by atoms with Crippen molar-refractivity contribution in [3.05, 3.63) is 70.8 Å². The van der Waals surface area contributed by atoms with Gasteiger partial charge in [-0.15, -0.1) is 0 Å². The van der Waals surface area contributed by atoms with Gasteiger partial charge in [0.1, 0.15) is 28.1 Å². The van der Waals surface area contributed by atoms with Crippen LogP contribution in [-0.4, -0.2) is 54.6 Å². The van der Waals surface area contributed by atoms with E-state index in [1.54, 1.807) is 18.3 Å². The second kappa shape index (κ2) is 9.59. The molecule has 1 N–H and O–H groups in total. The molecule has 3 heterocycles. The number of hydrogen-bond donors (Lipinski definition) is 1. The Labute approximate surface area is 226 Å². The number of pyridine rings is 2. The molecule has 0 bridgehead atoms. The molecular formula is C29H30FN3O5S. The van der Waals surface area contributed by atoms with Crippen LogP contribution < -0.4 is 9.64 Å². The van der Waals surface area contributed by atoms with Crippen LogP contribution in [0.25, 0.3) is 11.1 Å². The largest absolute Gasteiger partial charge is 0.481 e. The van der Waals surface area contributed by atoms with E-state index in [1.807, 2.05) is 25.1 Å². The van der Waals surface area contributed by atoms with Crippen molar-refractivity contribution in [3.8, 4) is 17.0 Å². The lowest BCUT2D eigenvalue weighted by molar-refractivity contribution is -0.139. The van der Waals surface area contributed by atoms with E-state index in [0.717, 1.165) is 46.7 Å². The van der Waals surface area contributed by atoms with E-state index in [0.29, 0.717) is 24.4 Å². The van der Waals surface area contributed by atoms with E-state index in [2.05, 4.69) is 9.88 Å². The van der Waals surface area contributed by atoms with Crippen molar-refractivity contribution in [3.63, 3.8) is 0 Å². The van der Waals surface area contributed by atoms with Crippen molar-refractivity contribution in [1.29, 1.82) is 0 Å². The predicted octanol–water partition coefficient (Wildman–Crippen LogP) is 4.01. The highest BCUT2D eigenvalue weighted by Crippen LogP contribution is 2.61. The van der Waals surface area contributed by atoms with Crippen molar-refractivity contribution < 1.29 is 27.4 Å². The molecule has 3 aromatic rings. The lowest BCUT2D eigenvalue weighted by atomic mass is 10.0. The number of aliphatic carboxylic acids is 1. The fourth-order valence-electron chi connectivity index (χ4n) is 6.32. The molecule has 2 aliphatic carbocycles. The van der Waals surface area contributed by atoms with E-state index in [-0.39, 0.29) is 41.8 Å². The summed E-state index contributed by atoms with van der Waals surface area (Å²) in [6.45, 7) is 3.35. The van der Waals surface area contributed by atoms with Crippen LogP contribution in [0.4, 0.5) is 10.2 Å². The molecule has 4 unspecified atom stereocenters. The first-order chi connectivity index (χ1) is 18.6. The number of sulfone groups is 1. The van der Waals surface area contributed by atoms with E-state index < -0.39 is 15.8 Å². The Morgan fingerprint density at radius 2 is 2.05 bits per heavy atom. The van der Waals surface area contributed by atoms with Crippen molar-refractivity contribution >= 4 is 21.6 Å². The number of anilines is 1. The lowest BCUT2D eigenvalue weighted by Crippen LogP contribution is -2.23. The number of ether oxygens (including phenoxy) is 1. The van der Waals surface area contributed by atoms with Crippen LogP contribution in [0.1, 0.15) is 34.7 Å². The Balaban J connectivity index is 1.14. The summed E-state index contributed by atoms with van der Waals surface area (Å²) in [7, 11) is -3.01. The number of carboxylic acids is 1. The Morgan fingerprint density at radius 1 is 1.23 bits per heavy atom. The molecule has 0 amide bonds. The number of nitrogens with zero attached hydrogens (tertiary/aromatic N) is 3. The molecule has 39 heavy (non-hydrogen) atoms. The third-order valence-electron chi connectivity index (χ3n) is 8.22. The second-order valence-corrected chi connectivity index (χ2v) is 13.3. The monoisotopic (exact) mass is 551 g/mol. The molecule has 0 spiro atoms. The van der Waals surface area contributed by atoms with Gasteiger partial charge in [-0.2, -0.15) is 0 Å². The molecule has 2 fully saturated rings. The zero-order valence-electron chi connectivity index (χ0n) is 21.8. The van der Waals surface area contributed by atoms with Gasteiger partial charge in [-0.1, -0.05) is 6.07 Å². The van der Waals surface area contributed by atoms with Gasteiger partial charge >= 0.3 is 5.97 Å². The number of benzene rings is 1. The Hall–Kier alpha value is -3.53. The minimum atomic E-state index is -3.01. The summed E-state index contributed by atoms with van der Waals surface area (Å²) in [5.41, 5.74) is 4.95. The standard InChI is InChI=1S/C29H30FN3O5S/c1-16-21(4-6-25(32-16)33-8-7-17(13-33)15-39(2,36)37)18-3-5-24(30)20(9-18)14-38-26-11-19-10-22-27(23(19)12-31-26)28(22)29(34)35/h3-6,9,11-12,17,22,27-28H,7-8,10,13-15H2,1-2H3,(H,34,35). The van der Waals surface area contributed by atoms with Crippen molar-refractivity contribution in [2.24, 2.45) is 17.8 Å². The van der Waals surface area contributed by atoms with E-state index in [1.165, 1.54) is 12.3 Å². The average Bonchev–Trinajstić information content (AvgIpc) is 3.20. The zero-order valence-corrected chi connectivity index (χ0v) is 22.6.